The SMILES string of the molecule is COc1ccc(C=NC2[C@H](O)OC(CO)[C@@H](O)[C@@H]2O)cc1. The Labute approximate surface area is 122 Å². The van der Waals surface area contributed by atoms with Gasteiger partial charge in [-0.25, -0.2) is 0 Å². The van der Waals surface area contributed by atoms with Crippen molar-refractivity contribution in [2.24, 2.45) is 4.99 Å². The number of hydrogen-bond acceptors (Lipinski definition) is 7. The van der Waals surface area contributed by atoms with Gasteiger partial charge in [0.15, 0.2) is 6.29 Å². The van der Waals surface area contributed by atoms with Crippen molar-refractivity contribution in [1.82, 2.24) is 0 Å². The second-order valence-electron chi connectivity index (χ2n) is 4.77. The Bertz CT molecular complexity index is 477. The zero-order valence-corrected chi connectivity index (χ0v) is 11.5. The molecule has 1 fully saturated rings. The first-order chi connectivity index (χ1) is 10.1. The van der Waals surface area contributed by atoms with E-state index in [4.69, 9.17) is 14.6 Å². The largest absolute Gasteiger partial charge is 0.497 e. The minimum absolute atomic E-state index is 0.496. The molecule has 7 heteroatoms. The van der Waals surface area contributed by atoms with Crippen LogP contribution in [0.4, 0.5) is 0 Å². The maximum Gasteiger partial charge on any atom is 0.180 e. The minimum Gasteiger partial charge on any atom is -0.497 e. The van der Waals surface area contributed by atoms with Crippen molar-refractivity contribution in [2.75, 3.05) is 13.7 Å². The number of hydrogen-bond donors (Lipinski definition) is 4. The Morgan fingerprint density at radius 2 is 1.86 bits per heavy atom. The number of rotatable bonds is 4. The van der Waals surface area contributed by atoms with Crippen LogP contribution in [0.1, 0.15) is 5.56 Å². The average Bonchev–Trinajstić information content (AvgIpc) is 2.51. The van der Waals surface area contributed by atoms with E-state index in [1.165, 1.54) is 6.21 Å². The summed E-state index contributed by atoms with van der Waals surface area (Å²) in [5.74, 6) is 0.703. The number of nitrogens with zero attached hydrogens (tertiary/aromatic N) is 1. The van der Waals surface area contributed by atoms with Gasteiger partial charge in [0.05, 0.1) is 13.7 Å². The molecule has 1 aromatic rings. The zero-order valence-electron chi connectivity index (χ0n) is 11.5. The lowest BCUT2D eigenvalue weighted by atomic mass is 9.97. The van der Waals surface area contributed by atoms with E-state index >= 15 is 0 Å². The van der Waals surface area contributed by atoms with Crippen molar-refractivity contribution >= 4 is 6.21 Å². The fourth-order valence-corrected chi connectivity index (χ4v) is 2.11. The maximum absolute atomic E-state index is 9.93. The molecule has 116 valence electrons. The van der Waals surface area contributed by atoms with E-state index in [1.807, 2.05) is 0 Å². The lowest BCUT2D eigenvalue weighted by Crippen LogP contribution is -2.57. The van der Waals surface area contributed by atoms with E-state index in [0.717, 1.165) is 5.56 Å². The van der Waals surface area contributed by atoms with Gasteiger partial charge < -0.3 is 29.9 Å². The number of ether oxygens (including phenoxy) is 2. The first-order valence-corrected chi connectivity index (χ1v) is 6.54. The average molecular weight is 297 g/mol. The van der Waals surface area contributed by atoms with Crippen molar-refractivity contribution in [1.29, 1.82) is 0 Å². The monoisotopic (exact) mass is 297 g/mol. The molecule has 5 atom stereocenters. The van der Waals surface area contributed by atoms with Gasteiger partial charge in [-0.15, -0.1) is 0 Å². The van der Waals surface area contributed by atoms with Crippen LogP contribution in [0.15, 0.2) is 29.3 Å². The lowest BCUT2D eigenvalue weighted by molar-refractivity contribution is -0.248. The van der Waals surface area contributed by atoms with E-state index in [0.29, 0.717) is 5.75 Å². The molecular weight excluding hydrogens is 278 g/mol. The van der Waals surface area contributed by atoms with E-state index < -0.39 is 37.3 Å². The molecule has 21 heavy (non-hydrogen) atoms. The number of methoxy groups -OCH3 is 1. The smallest absolute Gasteiger partial charge is 0.180 e. The molecule has 2 rings (SSSR count). The van der Waals surface area contributed by atoms with Gasteiger partial charge in [0.1, 0.15) is 30.1 Å². The van der Waals surface area contributed by atoms with Crippen molar-refractivity contribution < 1.29 is 29.9 Å². The van der Waals surface area contributed by atoms with Crippen LogP contribution < -0.4 is 4.74 Å². The third-order valence-electron chi connectivity index (χ3n) is 3.38. The Hall–Kier alpha value is -1.51. The predicted octanol–water partition coefficient (Wildman–Crippen LogP) is -1.09. The topological polar surface area (TPSA) is 112 Å². The molecule has 2 unspecified atom stereocenters. The number of aliphatic hydroxyl groups excluding tert-OH is 4. The third-order valence-corrected chi connectivity index (χ3v) is 3.38. The molecule has 7 nitrogen and oxygen atoms in total. The molecule has 0 radical (unpaired) electrons. The summed E-state index contributed by atoms with van der Waals surface area (Å²) < 4.78 is 10.1. The molecule has 0 amide bonds. The lowest BCUT2D eigenvalue weighted by Gasteiger charge is -2.38. The van der Waals surface area contributed by atoms with E-state index in [1.54, 1.807) is 31.4 Å². The molecule has 0 bridgehead atoms. The Kier molecular flexibility index (Phi) is 5.27. The summed E-state index contributed by atoms with van der Waals surface area (Å²) in [7, 11) is 1.56. The number of benzene rings is 1. The molecule has 1 aliphatic rings. The van der Waals surface area contributed by atoms with Gasteiger partial charge >= 0.3 is 0 Å². The van der Waals surface area contributed by atoms with Crippen LogP contribution in [0.2, 0.25) is 0 Å². The number of aliphatic hydroxyl groups is 4. The van der Waals surface area contributed by atoms with Crippen LogP contribution in [0.25, 0.3) is 0 Å². The van der Waals surface area contributed by atoms with Gasteiger partial charge in [-0.05, 0) is 29.8 Å². The highest BCUT2D eigenvalue weighted by Crippen LogP contribution is 2.22. The minimum atomic E-state index is -1.39. The summed E-state index contributed by atoms with van der Waals surface area (Å²) in [6.07, 6.45) is -3.58. The van der Waals surface area contributed by atoms with Crippen LogP contribution in [-0.4, -0.2) is 71.0 Å². The summed E-state index contributed by atoms with van der Waals surface area (Å²) in [6, 6.07) is 6.00. The van der Waals surface area contributed by atoms with Crippen molar-refractivity contribution in [3.63, 3.8) is 0 Å². The van der Waals surface area contributed by atoms with Gasteiger partial charge in [0.2, 0.25) is 0 Å². The van der Waals surface area contributed by atoms with Gasteiger partial charge in [-0.3, -0.25) is 4.99 Å². The number of aliphatic imine (C=N–C) groups is 1. The summed E-state index contributed by atoms with van der Waals surface area (Å²) in [5.41, 5.74) is 0.744. The molecule has 1 heterocycles. The van der Waals surface area contributed by atoms with Crippen molar-refractivity contribution in [3.05, 3.63) is 29.8 Å². The molecule has 0 aliphatic carbocycles. The molecule has 4 N–H and O–H groups in total. The van der Waals surface area contributed by atoms with Crippen LogP contribution >= 0.6 is 0 Å². The standard InChI is InChI=1S/C14H19NO6/c1-20-9-4-2-8(3-5-9)6-15-11-13(18)12(17)10(7-16)21-14(11)19/h2-6,10-14,16-19H,7H2,1H3/t10?,11?,12-,13-,14-/m1/s1. The van der Waals surface area contributed by atoms with Crippen molar-refractivity contribution in [3.8, 4) is 5.75 Å². The summed E-state index contributed by atoms with van der Waals surface area (Å²) in [4.78, 5) is 4.06. The first-order valence-electron chi connectivity index (χ1n) is 6.54. The Morgan fingerprint density at radius 3 is 2.43 bits per heavy atom. The van der Waals surface area contributed by atoms with Gasteiger partial charge in [-0.1, -0.05) is 0 Å². The fourth-order valence-electron chi connectivity index (χ4n) is 2.11. The molecule has 0 saturated carbocycles. The zero-order chi connectivity index (χ0) is 15.4. The highest BCUT2D eigenvalue weighted by atomic mass is 16.6. The summed E-state index contributed by atoms with van der Waals surface area (Å²) >= 11 is 0. The molecular formula is C14H19NO6. The van der Waals surface area contributed by atoms with Crippen LogP contribution in [-0.2, 0) is 4.74 Å². The quantitative estimate of drug-likeness (QED) is 0.526. The molecule has 1 aliphatic heterocycles. The predicted molar refractivity (Wildman–Crippen MR) is 74.4 cm³/mol. The van der Waals surface area contributed by atoms with E-state index in [2.05, 4.69) is 4.99 Å². The molecule has 0 spiro atoms. The van der Waals surface area contributed by atoms with Crippen LogP contribution in [0.3, 0.4) is 0 Å². The van der Waals surface area contributed by atoms with Gasteiger partial charge in [-0.2, -0.15) is 0 Å². The normalized spacial score (nSPS) is 33.3. The summed E-state index contributed by atoms with van der Waals surface area (Å²) in [5, 5.41) is 38.5. The second-order valence-corrected chi connectivity index (χ2v) is 4.77. The highest BCUT2D eigenvalue weighted by molar-refractivity contribution is 5.79. The Morgan fingerprint density at radius 1 is 1.19 bits per heavy atom. The van der Waals surface area contributed by atoms with Gasteiger partial charge in [0.25, 0.3) is 0 Å². The summed E-state index contributed by atoms with van der Waals surface area (Å²) in [6.45, 7) is -0.496. The molecule has 1 saturated heterocycles. The molecule has 1 aromatic carbocycles. The van der Waals surface area contributed by atoms with Gasteiger partial charge in [0, 0.05) is 6.21 Å². The first kappa shape index (κ1) is 15.9. The Balaban J connectivity index is 2.08. The highest BCUT2D eigenvalue weighted by Gasteiger charge is 2.43. The van der Waals surface area contributed by atoms with Crippen molar-refractivity contribution in [2.45, 2.75) is 30.6 Å². The maximum atomic E-state index is 9.93. The third kappa shape index (κ3) is 3.58. The second kappa shape index (κ2) is 6.97. The fraction of sp³-hybridized carbons (Fsp3) is 0.500. The van der Waals surface area contributed by atoms with E-state index in [-0.39, 0.29) is 0 Å². The van der Waals surface area contributed by atoms with E-state index in [9.17, 15) is 15.3 Å². The van der Waals surface area contributed by atoms with Crippen LogP contribution in [0, 0.1) is 0 Å². The molecule has 0 aromatic heterocycles. The van der Waals surface area contributed by atoms with Crippen LogP contribution in [0.5, 0.6) is 5.75 Å².